The minimum atomic E-state index is 0.0931. The van der Waals surface area contributed by atoms with E-state index in [9.17, 15) is 4.79 Å². The van der Waals surface area contributed by atoms with E-state index in [1.807, 2.05) is 36.3 Å². The Hall–Kier alpha value is -2.98. The Morgan fingerprint density at radius 3 is 2.81 bits per heavy atom. The van der Waals surface area contributed by atoms with E-state index >= 15 is 0 Å². The summed E-state index contributed by atoms with van der Waals surface area (Å²) in [5, 5.41) is 8.93. The van der Waals surface area contributed by atoms with E-state index in [1.165, 1.54) is 19.3 Å². The molecule has 3 aromatic heterocycles. The number of ether oxygens (including phenoxy) is 1. The van der Waals surface area contributed by atoms with Gasteiger partial charge in [-0.25, -0.2) is 9.67 Å². The van der Waals surface area contributed by atoms with Crippen LogP contribution in [0.15, 0.2) is 24.7 Å². The van der Waals surface area contributed by atoms with Gasteiger partial charge in [-0.1, -0.05) is 0 Å². The molecule has 36 heavy (non-hydrogen) atoms. The van der Waals surface area contributed by atoms with Crippen LogP contribution >= 0.6 is 0 Å². The summed E-state index contributed by atoms with van der Waals surface area (Å²) >= 11 is 0. The maximum absolute atomic E-state index is 13.5. The first-order valence-electron chi connectivity index (χ1n) is 13.4. The van der Waals surface area contributed by atoms with Crippen molar-refractivity contribution in [3.8, 4) is 0 Å². The van der Waals surface area contributed by atoms with Gasteiger partial charge < -0.3 is 19.5 Å². The van der Waals surface area contributed by atoms with E-state index in [4.69, 9.17) is 9.72 Å². The fourth-order valence-electron chi connectivity index (χ4n) is 6.54. The van der Waals surface area contributed by atoms with Gasteiger partial charge in [0.05, 0.1) is 36.5 Å². The number of likely N-dealkylation sites (tertiary alicyclic amines) is 1. The van der Waals surface area contributed by atoms with Gasteiger partial charge in [-0.15, -0.1) is 0 Å². The van der Waals surface area contributed by atoms with Gasteiger partial charge in [-0.3, -0.25) is 9.69 Å². The number of aromatic nitrogens is 5. The van der Waals surface area contributed by atoms with Crippen LogP contribution in [0.1, 0.15) is 48.6 Å². The minimum absolute atomic E-state index is 0.0931. The van der Waals surface area contributed by atoms with E-state index in [0.717, 1.165) is 80.8 Å². The van der Waals surface area contributed by atoms with Crippen molar-refractivity contribution < 1.29 is 9.53 Å². The second-order valence-corrected chi connectivity index (χ2v) is 11.0. The van der Waals surface area contributed by atoms with Crippen molar-refractivity contribution in [2.24, 2.45) is 18.9 Å². The third-order valence-electron chi connectivity index (χ3n) is 8.59. The number of nitrogens with zero attached hydrogens (tertiary/aromatic N) is 7. The van der Waals surface area contributed by atoms with Gasteiger partial charge in [0.1, 0.15) is 5.69 Å². The first-order valence-corrected chi connectivity index (χ1v) is 13.4. The summed E-state index contributed by atoms with van der Waals surface area (Å²) in [5.74, 6) is 2.40. The number of amides is 1. The van der Waals surface area contributed by atoms with E-state index in [2.05, 4.69) is 29.9 Å². The number of carbonyl (C=O) groups excluding carboxylic acids is 1. The number of morpholine rings is 1. The molecule has 0 aromatic carbocycles. The normalized spacial score (nSPS) is 28.1. The Morgan fingerprint density at radius 2 is 1.97 bits per heavy atom. The van der Waals surface area contributed by atoms with Crippen molar-refractivity contribution in [2.45, 2.75) is 44.2 Å². The van der Waals surface area contributed by atoms with Crippen LogP contribution in [0.4, 0.5) is 11.6 Å². The predicted molar refractivity (Wildman–Crippen MR) is 135 cm³/mol. The molecule has 4 atom stereocenters. The maximum Gasteiger partial charge on any atom is 0.270 e. The topological polar surface area (TPSA) is 93.3 Å². The lowest BCUT2D eigenvalue weighted by Gasteiger charge is -2.33. The number of nitrogens with one attached hydrogen (secondary N) is 1. The smallest absolute Gasteiger partial charge is 0.270 e. The lowest BCUT2D eigenvalue weighted by Crippen LogP contribution is -2.47. The molecule has 2 saturated carbocycles. The first-order chi connectivity index (χ1) is 17.6. The molecular weight excluding hydrogens is 456 g/mol. The van der Waals surface area contributed by atoms with Crippen molar-refractivity contribution >= 4 is 28.6 Å². The van der Waals surface area contributed by atoms with Crippen LogP contribution in [0.25, 0.3) is 11.0 Å². The third kappa shape index (κ3) is 4.06. The minimum Gasteiger partial charge on any atom is -0.379 e. The van der Waals surface area contributed by atoms with Crippen LogP contribution < -0.4 is 5.32 Å². The number of rotatable bonds is 6. The molecule has 5 heterocycles. The quantitative estimate of drug-likeness (QED) is 0.568. The van der Waals surface area contributed by atoms with E-state index in [1.54, 1.807) is 0 Å². The van der Waals surface area contributed by atoms with Crippen LogP contribution in [-0.2, 0) is 11.8 Å². The number of aryl methyl sites for hydroxylation is 1. The van der Waals surface area contributed by atoms with Crippen molar-refractivity contribution in [1.29, 1.82) is 0 Å². The third-order valence-corrected chi connectivity index (χ3v) is 8.59. The molecule has 0 radical (unpaired) electrons. The molecule has 10 heteroatoms. The van der Waals surface area contributed by atoms with Crippen molar-refractivity contribution in [3.05, 3.63) is 30.4 Å². The van der Waals surface area contributed by atoms with Crippen LogP contribution in [0.5, 0.6) is 0 Å². The number of carbonyl (C=O) groups is 1. The summed E-state index contributed by atoms with van der Waals surface area (Å²) in [4.78, 5) is 27.3. The van der Waals surface area contributed by atoms with Crippen molar-refractivity contribution in [2.75, 3.05) is 44.7 Å². The van der Waals surface area contributed by atoms with E-state index < -0.39 is 0 Å². The zero-order valence-electron chi connectivity index (χ0n) is 20.8. The van der Waals surface area contributed by atoms with Gasteiger partial charge in [-0.2, -0.15) is 10.1 Å². The summed E-state index contributed by atoms with van der Waals surface area (Å²) < 4.78 is 9.48. The molecule has 2 aliphatic carbocycles. The van der Waals surface area contributed by atoms with Crippen molar-refractivity contribution in [1.82, 2.24) is 34.1 Å². The molecule has 3 aromatic rings. The first kappa shape index (κ1) is 22.2. The van der Waals surface area contributed by atoms with Gasteiger partial charge in [0.2, 0.25) is 5.95 Å². The Kier molecular flexibility index (Phi) is 5.46. The fourth-order valence-corrected chi connectivity index (χ4v) is 6.54. The largest absolute Gasteiger partial charge is 0.379 e. The highest BCUT2D eigenvalue weighted by molar-refractivity contribution is 5.94. The van der Waals surface area contributed by atoms with Gasteiger partial charge in [0, 0.05) is 51.7 Å². The molecule has 4 aliphatic rings. The number of fused-ring (bicyclic) bond motifs is 2. The lowest BCUT2D eigenvalue weighted by molar-refractivity contribution is 0.0260. The summed E-state index contributed by atoms with van der Waals surface area (Å²) in [7, 11) is 1.93. The zero-order valence-corrected chi connectivity index (χ0v) is 20.8. The van der Waals surface area contributed by atoms with Gasteiger partial charge >= 0.3 is 0 Å². The summed E-state index contributed by atoms with van der Waals surface area (Å²) in [6.45, 7) is 5.20. The second kappa shape index (κ2) is 8.85. The molecule has 1 N–H and O–H groups in total. The highest BCUT2D eigenvalue weighted by atomic mass is 16.5. The molecule has 1 unspecified atom stereocenters. The van der Waals surface area contributed by atoms with Gasteiger partial charge in [0.15, 0.2) is 5.65 Å². The average molecular weight is 491 g/mol. The van der Waals surface area contributed by atoms with E-state index in [0.29, 0.717) is 17.7 Å². The second-order valence-electron chi connectivity index (χ2n) is 11.0. The predicted octanol–water partition coefficient (Wildman–Crippen LogP) is 2.82. The number of hydrogen-bond acceptors (Lipinski definition) is 7. The Balaban J connectivity index is 1.07. The molecule has 0 spiro atoms. The highest BCUT2D eigenvalue weighted by Crippen LogP contribution is 2.56. The molecule has 0 bridgehead atoms. The highest BCUT2D eigenvalue weighted by Gasteiger charge is 2.47. The molecule has 2 aliphatic heterocycles. The lowest BCUT2D eigenvalue weighted by atomic mass is 10.2. The summed E-state index contributed by atoms with van der Waals surface area (Å²) in [6.07, 6.45) is 11.6. The Labute approximate surface area is 210 Å². The van der Waals surface area contributed by atoms with E-state index in [-0.39, 0.29) is 11.9 Å². The molecule has 4 fully saturated rings. The Morgan fingerprint density at radius 1 is 1.14 bits per heavy atom. The van der Waals surface area contributed by atoms with Crippen LogP contribution in [-0.4, -0.2) is 85.5 Å². The fraction of sp³-hybridized carbons (Fsp3) is 0.615. The summed E-state index contributed by atoms with van der Waals surface area (Å²) in [6, 6.07) is 2.62. The maximum atomic E-state index is 13.5. The molecule has 10 nitrogen and oxygen atoms in total. The molecular formula is C26H34N8O2. The number of anilines is 2. The number of hydrogen-bond donors (Lipinski definition) is 1. The Bertz CT molecular complexity index is 1270. The molecule has 190 valence electrons. The van der Waals surface area contributed by atoms with Crippen LogP contribution in [0.2, 0.25) is 0 Å². The van der Waals surface area contributed by atoms with Gasteiger partial charge in [0.25, 0.3) is 5.91 Å². The van der Waals surface area contributed by atoms with Crippen LogP contribution in [0, 0.1) is 11.8 Å². The standard InChI is InChI=1S/C26H34N8O2/c1-31-15-20(12-23(31)25(35)33-4-2-3-21(33)16-32-5-7-36-8-6-32)29-26-27-13-19-14-28-34(24(19)30-26)22-10-17-9-18(17)11-22/h12-15,17-18,21-22H,2-11,16H2,1H3,(H,27,29,30)/t17-,18+,21-,22?/m1/s1. The van der Waals surface area contributed by atoms with Crippen molar-refractivity contribution in [3.63, 3.8) is 0 Å². The zero-order chi connectivity index (χ0) is 24.2. The molecule has 1 amide bonds. The molecule has 2 saturated heterocycles. The SMILES string of the molecule is Cn1cc(Nc2ncc3cnn(C4C[C@@H]5C[C@@H]5C4)c3n2)cc1C(=O)N1CCC[C@@H]1CN1CCOCC1. The van der Waals surface area contributed by atoms with Gasteiger partial charge in [-0.05, 0) is 50.0 Å². The summed E-state index contributed by atoms with van der Waals surface area (Å²) in [5.41, 5.74) is 2.38. The molecule has 7 rings (SSSR count). The monoisotopic (exact) mass is 490 g/mol. The average Bonchev–Trinajstić information content (AvgIpc) is 3.35. The van der Waals surface area contributed by atoms with Crippen LogP contribution in [0.3, 0.4) is 0 Å².